The lowest BCUT2D eigenvalue weighted by molar-refractivity contribution is -0.137. The van der Waals surface area contributed by atoms with Gasteiger partial charge in [-0.25, -0.2) is 4.79 Å². The summed E-state index contributed by atoms with van der Waals surface area (Å²) >= 11 is 0. The highest BCUT2D eigenvalue weighted by Crippen LogP contribution is 1.98. The smallest absolute Gasteiger partial charge is 0.315 e. The molecule has 1 fully saturated rings. The first-order chi connectivity index (χ1) is 8.08. The van der Waals surface area contributed by atoms with E-state index in [4.69, 9.17) is 5.11 Å². The van der Waals surface area contributed by atoms with Crippen LogP contribution in [0.2, 0.25) is 0 Å². The van der Waals surface area contributed by atoms with Crippen LogP contribution in [0.3, 0.4) is 0 Å². The molecule has 0 aromatic heterocycles. The third kappa shape index (κ3) is 5.74. The van der Waals surface area contributed by atoms with Crippen LogP contribution in [-0.2, 0) is 9.59 Å². The number of hydrogen-bond acceptors (Lipinski definition) is 3. The lowest BCUT2D eigenvalue weighted by atomic mass is 10.2. The Bertz CT molecular complexity index is 306. The van der Waals surface area contributed by atoms with Gasteiger partial charge < -0.3 is 21.1 Å². The number of aliphatic carboxylic acids is 1. The maximum absolute atomic E-state index is 11.3. The van der Waals surface area contributed by atoms with Gasteiger partial charge in [0, 0.05) is 25.9 Å². The third-order valence-electron chi connectivity index (χ3n) is 2.42. The van der Waals surface area contributed by atoms with Gasteiger partial charge in [0.2, 0.25) is 5.91 Å². The highest BCUT2D eigenvalue weighted by Gasteiger charge is 2.22. The fourth-order valence-electron chi connectivity index (χ4n) is 1.55. The molecule has 0 spiro atoms. The van der Waals surface area contributed by atoms with Crippen molar-refractivity contribution in [2.24, 2.45) is 0 Å². The number of unbranched alkanes of at least 4 members (excludes halogenated alkanes) is 1. The molecule has 1 aliphatic rings. The van der Waals surface area contributed by atoms with Gasteiger partial charge in [-0.2, -0.15) is 0 Å². The van der Waals surface area contributed by atoms with Crippen molar-refractivity contribution < 1.29 is 19.5 Å². The number of amides is 3. The van der Waals surface area contributed by atoms with Crippen LogP contribution in [0.5, 0.6) is 0 Å². The Balaban J connectivity index is 2.01. The van der Waals surface area contributed by atoms with Gasteiger partial charge in [-0.05, 0) is 12.8 Å². The van der Waals surface area contributed by atoms with Crippen LogP contribution in [0.1, 0.15) is 25.7 Å². The van der Waals surface area contributed by atoms with E-state index < -0.39 is 5.97 Å². The SMILES string of the molecule is O=C(O)CCCCNC(=O)NC1CNC(=O)C1. The van der Waals surface area contributed by atoms with Crippen molar-refractivity contribution in [3.63, 3.8) is 0 Å². The largest absolute Gasteiger partial charge is 0.481 e. The van der Waals surface area contributed by atoms with Crippen LogP contribution in [-0.4, -0.2) is 42.1 Å². The molecule has 1 saturated heterocycles. The molecule has 3 amide bonds. The molecule has 1 aliphatic heterocycles. The molecule has 7 heteroatoms. The summed E-state index contributed by atoms with van der Waals surface area (Å²) in [6, 6.07) is -0.469. The van der Waals surface area contributed by atoms with E-state index in [-0.39, 0.29) is 24.4 Å². The number of urea groups is 1. The highest BCUT2D eigenvalue weighted by molar-refractivity contribution is 5.81. The summed E-state index contributed by atoms with van der Waals surface area (Å²) < 4.78 is 0. The van der Waals surface area contributed by atoms with Gasteiger partial charge in [-0.15, -0.1) is 0 Å². The van der Waals surface area contributed by atoms with E-state index in [0.29, 0.717) is 32.4 Å². The summed E-state index contributed by atoms with van der Waals surface area (Å²) in [5.41, 5.74) is 0. The molecule has 0 bridgehead atoms. The normalized spacial score (nSPS) is 18.6. The standard InChI is InChI=1S/C10H17N3O4/c14-8-5-7(6-12-8)13-10(17)11-4-2-1-3-9(15)16/h7H,1-6H2,(H,12,14)(H,15,16)(H2,11,13,17). The van der Waals surface area contributed by atoms with Gasteiger partial charge in [-0.3, -0.25) is 9.59 Å². The number of nitrogens with one attached hydrogen (secondary N) is 3. The molecule has 4 N–H and O–H groups in total. The Morgan fingerprint density at radius 3 is 2.76 bits per heavy atom. The number of carboxylic acid groups (broad SMARTS) is 1. The molecular weight excluding hydrogens is 226 g/mol. The zero-order valence-electron chi connectivity index (χ0n) is 9.49. The van der Waals surface area contributed by atoms with E-state index in [0.717, 1.165) is 0 Å². The molecule has 7 nitrogen and oxygen atoms in total. The fraction of sp³-hybridized carbons (Fsp3) is 0.700. The minimum absolute atomic E-state index is 0.0586. The van der Waals surface area contributed by atoms with E-state index in [1.165, 1.54) is 0 Å². The number of carboxylic acids is 1. The molecule has 1 unspecified atom stereocenters. The van der Waals surface area contributed by atoms with Gasteiger partial charge in [0.25, 0.3) is 0 Å². The molecule has 1 rings (SSSR count). The van der Waals surface area contributed by atoms with Gasteiger partial charge in [0.1, 0.15) is 0 Å². The van der Waals surface area contributed by atoms with Crippen molar-refractivity contribution in [2.75, 3.05) is 13.1 Å². The molecule has 0 radical (unpaired) electrons. The molecule has 1 heterocycles. The van der Waals surface area contributed by atoms with Crippen molar-refractivity contribution in [3.05, 3.63) is 0 Å². The monoisotopic (exact) mass is 243 g/mol. The number of hydrogen-bond donors (Lipinski definition) is 4. The molecule has 0 saturated carbocycles. The Morgan fingerprint density at radius 2 is 2.18 bits per heavy atom. The average molecular weight is 243 g/mol. The van der Waals surface area contributed by atoms with Crippen LogP contribution < -0.4 is 16.0 Å². The van der Waals surface area contributed by atoms with Crippen molar-refractivity contribution in [3.8, 4) is 0 Å². The second-order valence-electron chi connectivity index (χ2n) is 3.96. The van der Waals surface area contributed by atoms with Crippen LogP contribution in [0, 0.1) is 0 Å². The lowest BCUT2D eigenvalue weighted by Gasteiger charge is -2.11. The summed E-state index contributed by atoms with van der Waals surface area (Å²) in [7, 11) is 0. The minimum atomic E-state index is -0.829. The fourth-order valence-corrected chi connectivity index (χ4v) is 1.55. The quantitative estimate of drug-likeness (QED) is 0.468. The van der Waals surface area contributed by atoms with Crippen LogP contribution >= 0.6 is 0 Å². The summed E-state index contributed by atoms with van der Waals surface area (Å²) in [6.07, 6.45) is 1.59. The molecule has 96 valence electrons. The zero-order valence-corrected chi connectivity index (χ0v) is 9.49. The van der Waals surface area contributed by atoms with Crippen LogP contribution in [0.25, 0.3) is 0 Å². The molecule has 0 aliphatic carbocycles. The first-order valence-corrected chi connectivity index (χ1v) is 5.61. The summed E-state index contributed by atoms with van der Waals surface area (Å²) in [5.74, 6) is -0.887. The van der Waals surface area contributed by atoms with Gasteiger partial charge >= 0.3 is 12.0 Å². The van der Waals surface area contributed by atoms with Crippen molar-refractivity contribution in [2.45, 2.75) is 31.7 Å². The molecule has 17 heavy (non-hydrogen) atoms. The topological polar surface area (TPSA) is 108 Å². The van der Waals surface area contributed by atoms with E-state index in [1.807, 2.05) is 0 Å². The maximum Gasteiger partial charge on any atom is 0.315 e. The Labute approximate surface area is 98.9 Å². The van der Waals surface area contributed by atoms with E-state index in [2.05, 4.69) is 16.0 Å². The Hall–Kier alpha value is -1.79. The first-order valence-electron chi connectivity index (χ1n) is 5.61. The van der Waals surface area contributed by atoms with Crippen molar-refractivity contribution in [1.29, 1.82) is 0 Å². The second-order valence-corrected chi connectivity index (χ2v) is 3.96. The van der Waals surface area contributed by atoms with Crippen molar-refractivity contribution in [1.82, 2.24) is 16.0 Å². The minimum Gasteiger partial charge on any atom is -0.481 e. The lowest BCUT2D eigenvalue weighted by Crippen LogP contribution is -2.43. The summed E-state index contributed by atoms with van der Waals surface area (Å²) in [4.78, 5) is 32.4. The Kier molecular flexibility index (Phi) is 5.25. The number of carbonyl (C=O) groups excluding carboxylic acids is 2. The first kappa shape index (κ1) is 13.3. The number of rotatable bonds is 6. The average Bonchev–Trinajstić information content (AvgIpc) is 2.63. The van der Waals surface area contributed by atoms with E-state index >= 15 is 0 Å². The van der Waals surface area contributed by atoms with Crippen LogP contribution in [0.4, 0.5) is 4.79 Å². The Morgan fingerprint density at radius 1 is 1.41 bits per heavy atom. The molecule has 1 atom stereocenters. The summed E-state index contributed by atoms with van der Waals surface area (Å²) in [5, 5.41) is 16.3. The van der Waals surface area contributed by atoms with Crippen molar-refractivity contribution >= 4 is 17.9 Å². The zero-order chi connectivity index (χ0) is 12.7. The predicted octanol–water partition coefficient (Wildman–Crippen LogP) is -0.571. The van der Waals surface area contributed by atoms with Gasteiger partial charge in [0.05, 0.1) is 6.04 Å². The van der Waals surface area contributed by atoms with E-state index in [9.17, 15) is 14.4 Å². The maximum atomic E-state index is 11.3. The highest BCUT2D eigenvalue weighted by atomic mass is 16.4. The van der Waals surface area contributed by atoms with Gasteiger partial charge in [0.15, 0.2) is 0 Å². The van der Waals surface area contributed by atoms with E-state index in [1.54, 1.807) is 0 Å². The summed E-state index contributed by atoms with van der Waals surface area (Å²) in [6.45, 7) is 0.901. The second kappa shape index (κ2) is 6.72. The van der Waals surface area contributed by atoms with Crippen LogP contribution in [0.15, 0.2) is 0 Å². The molecule has 0 aromatic carbocycles. The predicted molar refractivity (Wildman–Crippen MR) is 59.4 cm³/mol. The number of carbonyl (C=O) groups is 3. The van der Waals surface area contributed by atoms with Gasteiger partial charge in [-0.1, -0.05) is 0 Å². The molecular formula is C10H17N3O4. The molecule has 0 aromatic rings. The third-order valence-corrected chi connectivity index (χ3v) is 2.42.